The van der Waals surface area contributed by atoms with Crippen molar-refractivity contribution in [3.05, 3.63) is 77.5 Å². The van der Waals surface area contributed by atoms with Crippen molar-refractivity contribution in [2.24, 2.45) is 0 Å². The van der Waals surface area contributed by atoms with Crippen molar-refractivity contribution in [2.75, 3.05) is 0 Å². The van der Waals surface area contributed by atoms with Gasteiger partial charge in [-0.05, 0) is 30.2 Å². The molecule has 2 aromatic carbocycles. The molecule has 110 valence electrons. The predicted octanol–water partition coefficient (Wildman–Crippen LogP) is 4.10. The van der Waals surface area contributed by atoms with E-state index in [-0.39, 0.29) is 0 Å². The van der Waals surface area contributed by atoms with Gasteiger partial charge in [0.05, 0.1) is 0 Å². The Morgan fingerprint density at radius 2 is 1.86 bits per heavy atom. The Bertz CT molecular complexity index is 859. The first kappa shape index (κ1) is 14.1. The van der Waals surface area contributed by atoms with Gasteiger partial charge in [-0.15, -0.1) is 0 Å². The van der Waals surface area contributed by atoms with Crippen LogP contribution in [0.15, 0.2) is 60.8 Å². The van der Waals surface area contributed by atoms with Crippen molar-refractivity contribution in [3.63, 3.8) is 0 Å². The second kappa shape index (κ2) is 5.90. The molecule has 0 unspecified atom stereocenters. The third-order valence-electron chi connectivity index (χ3n) is 3.83. The lowest BCUT2D eigenvalue weighted by molar-refractivity contribution is -0.131. The van der Waals surface area contributed by atoms with Crippen LogP contribution in [0.1, 0.15) is 16.7 Å². The summed E-state index contributed by atoms with van der Waals surface area (Å²) in [6.45, 7) is 2.88. The van der Waals surface area contributed by atoms with Crippen LogP contribution in [0.3, 0.4) is 0 Å². The van der Waals surface area contributed by atoms with Crippen LogP contribution >= 0.6 is 0 Å². The van der Waals surface area contributed by atoms with Gasteiger partial charge in [0, 0.05) is 35.3 Å². The molecule has 0 atom stereocenters. The lowest BCUT2D eigenvalue weighted by Gasteiger charge is -2.08. The lowest BCUT2D eigenvalue weighted by Crippen LogP contribution is -1.99. The van der Waals surface area contributed by atoms with Crippen LogP contribution in [-0.2, 0) is 11.3 Å². The van der Waals surface area contributed by atoms with E-state index in [1.165, 1.54) is 17.2 Å². The molecule has 22 heavy (non-hydrogen) atoms. The molecule has 3 heteroatoms. The highest BCUT2D eigenvalue weighted by molar-refractivity contribution is 5.93. The van der Waals surface area contributed by atoms with Gasteiger partial charge >= 0.3 is 5.97 Å². The van der Waals surface area contributed by atoms with E-state index >= 15 is 0 Å². The Morgan fingerprint density at radius 1 is 1.14 bits per heavy atom. The summed E-state index contributed by atoms with van der Waals surface area (Å²) in [6, 6.07) is 16.4. The Hall–Kier alpha value is -2.81. The summed E-state index contributed by atoms with van der Waals surface area (Å²) < 4.78 is 2.17. The molecule has 1 heterocycles. The maximum atomic E-state index is 10.8. The van der Waals surface area contributed by atoms with E-state index in [1.807, 2.05) is 36.5 Å². The molecule has 0 spiro atoms. The molecule has 0 aliphatic carbocycles. The first-order chi connectivity index (χ1) is 10.6. The Labute approximate surface area is 129 Å². The van der Waals surface area contributed by atoms with Gasteiger partial charge in [-0.1, -0.05) is 42.5 Å². The minimum absolute atomic E-state index is 0.772. The summed E-state index contributed by atoms with van der Waals surface area (Å²) >= 11 is 0. The van der Waals surface area contributed by atoms with Gasteiger partial charge in [0.2, 0.25) is 0 Å². The number of fused-ring (bicyclic) bond motifs is 1. The maximum absolute atomic E-state index is 10.8. The monoisotopic (exact) mass is 291 g/mol. The van der Waals surface area contributed by atoms with Gasteiger partial charge in [-0.25, -0.2) is 4.79 Å². The SMILES string of the molecule is Cc1ccccc1Cn1cc(/C=C/C(=O)O)c2ccccc21. The molecule has 0 saturated carbocycles. The number of aromatic nitrogens is 1. The molecule has 0 radical (unpaired) electrons. The standard InChI is InChI=1S/C19H17NO2/c1-14-6-2-3-7-15(14)12-20-13-16(10-11-19(21)22)17-8-4-5-9-18(17)20/h2-11,13H,12H2,1H3,(H,21,22)/b11-10+. The molecule has 0 aliphatic rings. The van der Waals surface area contributed by atoms with Crippen molar-refractivity contribution >= 4 is 22.9 Å². The second-order valence-electron chi connectivity index (χ2n) is 5.33. The summed E-state index contributed by atoms with van der Waals surface area (Å²) in [5, 5.41) is 9.90. The highest BCUT2D eigenvalue weighted by atomic mass is 16.4. The highest BCUT2D eigenvalue weighted by Gasteiger charge is 2.07. The zero-order chi connectivity index (χ0) is 15.5. The van der Waals surface area contributed by atoms with Crippen LogP contribution in [0.4, 0.5) is 0 Å². The van der Waals surface area contributed by atoms with Crippen molar-refractivity contribution in [1.82, 2.24) is 4.57 Å². The zero-order valence-corrected chi connectivity index (χ0v) is 12.4. The fourth-order valence-corrected chi connectivity index (χ4v) is 2.67. The van der Waals surface area contributed by atoms with Gasteiger partial charge in [0.15, 0.2) is 0 Å². The van der Waals surface area contributed by atoms with Gasteiger partial charge in [0.1, 0.15) is 0 Å². The number of carboxylic acids is 1. The molecule has 1 aromatic heterocycles. The van der Waals surface area contributed by atoms with Gasteiger partial charge in [-0.3, -0.25) is 0 Å². The summed E-state index contributed by atoms with van der Waals surface area (Å²) in [6.07, 6.45) is 4.84. The van der Waals surface area contributed by atoms with Crippen LogP contribution in [0, 0.1) is 6.92 Å². The van der Waals surface area contributed by atoms with Crippen molar-refractivity contribution in [1.29, 1.82) is 0 Å². The number of benzene rings is 2. The largest absolute Gasteiger partial charge is 0.478 e. The molecular weight excluding hydrogens is 274 g/mol. The molecule has 0 amide bonds. The van der Waals surface area contributed by atoms with Crippen LogP contribution in [-0.4, -0.2) is 15.6 Å². The van der Waals surface area contributed by atoms with Gasteiger partial charge in [-0.2, -0.15) is 0 Å². The third kappa shape index (κ3) is 2.79. The Balaban J connectivity index is 2.07. The van der Waals surface area contributed by atoms with E-state index in [0.29, 0.717) is 0 Å². The first-order valence-electron chi connectivity index (χ1n) is 7.18. The highest BCUT2D eigenvalue weighted by Crippen LogP contribution is 2.24. The van der Waals surface area contributed by atoms with Crippen molar-refractivity contribution in [2.45, 2.75) is 13.5 Å². The van der Waals surface area contributed by atoms with Crippen LogP contribution < -0.4 is 0 Å². The van der Waals surface area contributed by atoms with Gasteiger partial charge < -0.3 is 9.67 Å². The maximum Gasteiger partial charge on any atom is 0.328 e. The van der Waals surface area contributed by atoms with Crippen molar-refractivity contribution < 1.29 is 9.90 Å². The van der Waals surface area contributed by atoms with E-state index < -0.39 is 5.97 Å². The molecule has 1 N–H and O–H groups in total. The van der Waals surface area contributed by atoms with E-state index in [4.69, 9.17) is 5.11 Å². The summed E-state index contributed by atoms with van der Waals surface area (Å²) in [5.74, 6) is -0.935. The minimum Gasteiger partial charge on any atom is -0.478 e. The molecule has 3 rings (SSSR count). The second-order valence-corrected chi connectivity index (χ2v) is 5.33. The predicted molar refractivity (Wildman–Crippen MR) is 88.9 cm³/mol. The molecule has 0 saturated heterocycles. The number of rotatable bonds is 4. The van der Waals surface area contributed by atoms with E-state index in [9.17, 15) is 4.79 Å². The number of nitrogens with zero attached hydrogens (tertiary/aromatic N) is 1. The van der Waals surface area contributed by atoms with Gasteiger partial charge in [0.25, 0.3) is 0 Å². The fourth-order valence-electron chi connectivity index (χ4n) is 2.67. The molecule has 0 bridgehead atoms. The average Bonchev–Trinajstić information content (AvgIpc) is 2.86. The quantitative estimate of drug-likeness (QED) is 0.735. The number of para-hydroxylation sites is 1. The van der Waals surface area contributed by atoms with Crippen LogP contribution in [0.5, 0.6) is 0 Å². The smallest absolute Gasteiger partial charge is 0.328 e. The number of aryl methyl sites for hydroxylation is 1. The summed E-state index contributed by atoms with van der Waals surface area (Å²) in [4.78, 5) is 10.8. The summed E-state index contributed by atoms with van der Waals surface area (Å²) in [7, 11) is 0. The number of hydrogen-bond donors (Lipinski definition) is 1. The molecule has 3 nitrogen and oxygen atoms in total. The van der Waals surface area contributed by atoms with Crippen molar-refractivity contribution in [3.8, 4) is 0 Å². The number of hydrogen-bond acceptors (Lipinski definition) is 1. The average molecular weight is 291 g/mol. The zero-order valence-electron chi connectivity index (χ0n) is 12.4. The third-order valence-corrected chi connectivity index (χ3v) is 3.83. The molecule has 0 fully saturated rings. The lowest BCUT2D eigenvalue weighted by atomic mass is 10.1. The summed E-state index contributed by atoms with van der Waals surface area (Å²) in [5.41, 5.74) is 4.54. The Kier molecular flexibility index (Phi) is 3.79. The van der Waals surface area contributed by atoms with Crippen LogP contribution in [0.2, 0.25) is 0 Å². The molecular formula is C19H17NO2. The van der Waals surface area contributed by atoms with E-state index in [0.717, 1.165) is 23.0 Å². The number of carbonyl (C=O) groups is 1. The number of carboxylic acid groups (broad SMARTS) is 1. The van der Waals surface area contributed by atoms with Crippen LogP contribution in [0.25, 0.3) is 17.0 Å². The minimum atomic E-state index is -0.935. The van der Waals surface area contributed by atoms with E-state index in [2.05, 4.69) is 29.7 Å². The van der Waals surface area contributed by atoms with E-state index in [1.54, 1.807) is 6.08 Å². The topological polar surface area (TPSA) is 42.2 Å². The molecule has 3 aromatic rings. The first-order valence-corrected chi connectivity index (χ1v) is 7.18. The normalized spacial score (nSPS) is 11.3. The molecule has 0 aliphatic heterocycles. The number of aliphatic carboxylic acids is 1. The fraction of sp³-hybridized carbons (Fsp3) is 0.105. The Morgan fingerprint density at radius 3 is 2.64 bits per heavy atom.